The Hall–Kier alpha value is -4.58. The lowest BCUT2D eigenvalue weighted by Gasteiger charge is -2.24. The van der Waals surface area contributed by atoms with Crippen molar-refractivity contribution >= 4 is 22.9 Å². The number of hydrogen-bond donors (Lipinski definition) is 2. The summed E-state index contributed by atoms with van der Waals surface area (Å²) in [6, 6.07) is 21.4. The van der Waals surface area contributed by atoms with E-state index >= 15 is 0 Å². The third-order valence-electron chi connectivity index (χ3n) is 6.74. The van der Waals surface area contributed by atoms with Gasteiger partial charge < -0.3 is 20.9 Å². The van der Waals surface area contributed by atoms with Gasteiger partial charge in [0.2, 0.25) is 0 Å². The number of carbonyl (C=O) groups is 2. The van der Waals surface area contributed by atoms with Crippen molar-refractivity contribution in [1.29, 1.82) is 0 Å². The van der Waals surface area contributed by atoms with Gasteiger partial charge in [0.05, 0.1) is 5.41 Å². The third-order valence-corrected chi connectivity index (χ3v) is 6.74. The molecule has 0 aliphatic rings. The minimum absolute atomic E-state index is 0.260. The molecule has 0 saturated heterocycles. The summed E-state index contributed by atoms with van der Waals surface area (Å²) < 4.78 is 12.1. The molecule has 6 nitrogen and oxygen atoms in total. The number of carbonyl (C=O) groups excluding carboxylic acids is 2. The van der Waals surface area contributed by atoms with Gasteiger partial charge in [-0.3, -0.25) is 9.59 Å². The summed E-state index contributed by atoms with van der Waals surface area (Å²) in [6.45, 7) is 10.9. The number of nitrogens with two attached hydrogens (primary N) is 2. The molecule has 200 valence electrons. The van der Waals surface area contributed by atoms with Gasteiger partial charge in [0.15, 0.2) is 11.6 Å². The van der Waals surface area contributed by atoms with Crippen LogP contribution < -0.4 is 20.9 Å². The maximum Gasteiger partial charge on any atom is 0.176 e. The number of rotatable bonds is 8. The molecule has 4 N–H and O–H groups in total. The molecule has 0 radical (unpaired) electrons. The standard InChI is InChI=1S/C33H34N2O4/c1-19-13-23(14-20(2)29(19)38-27-11-7-9-25(34)17-27)31(36)33(5,6)32(37)24-15-21(3)30(22(4)16-24)39-28-12-8-10-26(35)18-28/h7-18H,34-35H2,1-6H3. The highest BCUT2D eigenvalue weighted by Gasteiger charge is 2.38. The predicted octanol–water partition coefficient (Wildman–Crippen LogP) is 7.76. The highest BCUT2D eigenvalue weighted by Crippen LogP contribution is 2.36. The fraction of sp³-hybridized carbons (Fsp3) is 0.212. The van der Waals surface area contributed by atoms with Gasteiger partial charge in [-0.2, -0.15) is 0 Å². The monoisotopic (exact) mass is 522 g/mol. The number of ketones is 2. The van der Waals surface area contributed by atoms with Crippen molar-refractivity contribution in [2.24, 2.45) is 5.41 Å². The molecule has 0 heterocycles. The molecule has 0 atom stereocenters. The van der Waals surface area contributed by atoms with Crippen LogP contribution in [0.2, 0.25) is 0 Å². The summed E-state index contributed by atoms with van der Waals surface area (Å²) in [5.74, 6) is 2.02. The Morgan fingerprint density at radius 3 is 1.23 bits per heavy atom. The van der Waals surface area contributed by atoms with Crippen LogP contribution in [0.3, 0.4) is 0 Å². The molecule has 39 heavy (non-hydrogen) atoms. The lowest BCUT2D eigenvalue weighted by molar-refractivity contribution is 0.0711. The Labute approximate surface area is 229 Å². The van der Waals surface area contributed by atoms with Gasteiger partial charge in [0.25, 0.3) is 0 Å². The summed E-state index contributed by atoms with van der Waals surface area (Å²) in [4.78, 5) is 27.4. The maximum atomic E-state index is 13.7. The zero-order chi connectivity index (χ0) is 28.5. The van der Waals surface area contributed by atoms with Crippen LogP contribution in [0.15, 0.2) is 72.8 Å². The van der Waals surface area contributed by atoms with E-state index in [-0.39, 0.29) is 11.6 Å². The average Bonchev–Trinajstić information content (AvgIpc) is 2.87. The second kappa shape index (κ2) is 10.7. The van der Waals surface area contributed by atoms with Crippen molar-refractivity contribution in [3.8, 4) is 23.0 Å². The molecule has 0 fully saturated rings. The van der Waals surface area contributed by atoms with Gasteiger partial charge in [-0.05, 0) is 112 Å². The van der Waals surface area contributed by atoms with Crippen LogP contribution in [0.5, 0.6) is 23.0 Å². The molecule has 0 unspecified atom stereocenters. The van der Waals surface area contributed by atoms with Crippen LogP contribution in [0.25, 0.3) is 0 Å². The van der Waals surface area contributed by atoms with Gasteiger partial charge >= 0.3 is 0 Å². The van der Waals surface area contributed by atoms with Crippen LogP contribution in [0, 0.1) is 33.1 Å². The van der Waals surface area contributed by atoms with Crippen molar-refractivity contribution in [1.82, 2.24) is 0 Å². The van der Waals surface area contributed by atoms with Gasteiger partial charge in [0.1, 0.15) is 23.0 Å². The van der Waals surface area contributed by atoms with E-state index < -0.39 is 5.41 Å². The number of Topliss-reactive ketones (excluding diaryl/α,β-unsaturated/α-hetero) is 2. The molecular formula is C33H34N2O4. The SMILES string of the molecule is Cc1cc(C(=O)C(C)(C)C(=O)c2cc(C)c(Oc3cccc(N)c3)c(C)c2)cc(C)c1Oc1cccc(N)c1. The first-order chi connectivity index (χ1) is 18.4. The molecule has 0 spiro atoms. The van der Waals surface area contributed by atoms with E-state index in [0.29, 0.717) is 45.5 Å². The molecule has 4 aromatic rings. The van der Waals surface area contributed by atoms with Crippen LogP contribution >= 0.6 is 0 Å². The quantitative estimate of drug-likeness (QED) is 0.139. The van der Waals surface area contributed by atoms with E-state index in [1.165, 1.54) is 0 Å². The molecule has 0 aliphatic carbocycles. The highest BCUT2D eigenvalue weighted by molar-refractivity contribution is 6.19. The predicted molar refractivity (Wildman–Crippen MR) is 156 cm³/mol. The van der Waals surface area contributed by atoms with Crippen molar-refractivity contribution < 1.29 is 19.1 Å². The van der Waals surface area contributed by atoms with Crippen LogP contribution in [0.4, 0.5) is 11.4 Å². The zero-order valence-corrected chi connectivity index (χ0v) is 23.2. The summed E-state index contributed by atoms with van der Waals surface area (Å²) in [5, 5.41) is 0. The van der Waals surface area contributed by atoms with Crippen LogP contribution in [-0.4, -0.2) is 11.6 Å². The second-order valence-electron chi connectivity index (χ2n) is 10.5. The number of aryl methyl sites for hydroxylation is 4. The van der Waals surface area contributed by atoms with Crippen LogP contribution in [0.1, 0.15) is 56.8 Å². The first-order valence-corrected chi connectivity index (χ1v) is 12.8. The number of nitrogen functional groups attached to an aromatic ring is 2. The lowest BCUT2D eigenvalue weighted by atomic mass is 9.77. The van der Waals surface area contributed by atoms with E-state index in [2.05, 4.69) is 0 Å². The minimum atomic E-state index is -1.29. The molecule has 0 aromatic heterocycles. The van der Waals surface area contributed by atoms with Crippen molar-refractivity contribution in [2.45, 2.75) is 41.5 Å². The first-order valence-electron chi connectivity index (χ1n) is 12.8. The maximum absolute atomic E-state index is 13.7. The summed E-state index contributed by atoms with van der Waals surface area (Å²) >= 11 is 0. The van der Waals surface area contributed by atoms with E-state index in [1.807, 2.05) is 52.0 Å². The Morgan fingerprint density at radius 1 is 0.590 bits per heavy atom. The number of hydrogen-bond acceptors (Lipinski definition) is 6. The van der Waals surface area contributed by atoms with Crippen LogP contribution in [-0.2, 0) is 0 Å². The van der Waals surface area contributed by atoms with Gasteiger partial charge in [-0.15, -0.1) is 0 Å². The topological polar surface area (TPSA) is 105 Å². The smallest absolute Gasteiger partial charge is 0.176 e. The number of benzene rings is 4. The van der Waals surface area contributed by atoms with E-state index in [9.17, 15) is 9.59 Å². The average molecular weight is 523 g/mol. The Kier molecular flexibility index (Phi) is 7.50. The molecule has 6 heteroatoms. The van der Waals surface area contributed by atoms with Crippen molar-refractivity contribution in [2.75, 3.05) is 11.5 Å². The van der Waals surface area contributed by atoms with Crippen molar-refractivity contribution in [3.63, 3.8) is 0 Å². The molecule has 4 aromatic carbocycles. The van der Waals surface area contributed by atoms with Gasteiger partial charge in [-0.1, -0.05) is 12.1 Å². The van der Waals surface area contributed by atoms with E-state index in [0.717, 1.165) is 22.3 Å². The fourth-order valence-corrected chi connectivity index (χ4v) is 4.70. The molecule has 0 saturated carbocycles. The lowest BCUT2D eigenvalue weighted by Crippen LogP contribution is -2.34. The third kappa shape index (κ3) is 5.80. The fourth-order valence-electron chi connectivity index (χ4n) is 4.70. The zero-order valence-electron chi connectivity index (χ0n) is 23.2. The molecule has 4 rings (SSSR count). The summed E-state index contributed by atoms with van der Waals surface area (Å²) in [7, 11) is 0. The van der Waals surface area contributed by atoms with Gasteiger partial charge in [0, 0.05) is 34.6 Å². The second-order valence-corrected chi connectivity index (χ2v) is 10.5. The van der Waals surface area contributed by atoms with Gasteiger partial charge in [-0.25, -0.2) is 0 Å². The van der Waals surface area contributed by atoms with E-state index in [1.54, 1.807) is 62.4 Å². The van der Waals surface area contributed by atoms with E-state index in [4.69, 9.17) is 20.9 Å². The summed E-state index contributed by atoms with van der Waals surface area (Å²) in [6.07, 6.45) is 0. The number of ether oxygens (including phenoxy) is 2. The Morgan fingerprint density at radius 2 is 0.923 bits per heavy atom. The molecule has 0 aliphatic heterocycles. The normalized spacial score (nSPS) is 11.2. The highest BCUT2D eigenvalue weighted by atomic mass is 16.5. The Bertz CT molecular complexity index is 1420. The summed E-state index contributed by atoms with van der Waals surface area (Å²) in [5.41, 5.74) is 15.7. The first kappa shape index (κ1) is 27.5. The molecule has 0 amide bonds. The Balaban J connectivity index is 1.59. The van der Waals surface area contributed by atoms with Crippen molar-refractivity contribution in [3.05, 3.63) is 106 Å². The molecular weight excluding hydrogens is 488 g/mol. The molecule has 0 bridgehead atoms. The largest absolute Gasteiger partial charge is 0.457 e. The number of anilines is 2. The minimum Gasteiger partial charge on any atom is -0.457 e.